The molecule has 1 aromatic carbocycles. The summed E-state index contributed by atoms with van der Waals surface area (Å²) in [7, 11) is 0. The molecule has 0 amide bonds. The van der Waals surface area contributed by atoms with Crippen molar-refractivity contribution in [2.24, 2.45) is 0 Å². The van der Waals surface area contributed by atoms with Crippen molar-refractivity contribution in [1.29, 1.82) is 0 Å². The van der Waals surface area contributed by atoms with Crippen molar-refractivity contribution in [1.82, 2.24) is 14.8 Å². The van der Waals surface area contributed by atoms with Gasteiger partial charge >= 0.3 is 0 Å². The highest BCUT2D eigenvalue weighted by Crippen LogP contribution is 2.21. The number of halogens is 1. The average molecular weight is 277 g/mol. The quantitative estimate of drug-likeness (QED) is 0.936. The fourth-order valence-electron chi connectivity index (χ4n) is 2.46. The lowest BCUT2D eigenvalue weighted by molar-refractivity contribution is 0.510. The number of fused-ring (bicyclic) bond motifs is 1. The van der Waals surface area contributed by atoms with Crippen molar-refractivity contribution in [3.63, 3.8) is 0 Å². The van der Waals surface area contributed by atoms with E-state index in [9.17, 15) is 0 Å². The van der Waals surface area contributed by atoms with E-state index in [4.69, 9.17) is 11.6 Å². The zero-order valence-corrected chi connectivity index (χ0v) is 11.7. The van der Waals surface area contributed by atoms with E-state index in [1.165, 1.54) is 18.4 Å². The number of aryl methyl sites for hydroxylation is 2. The first-order valence-electron chi connectivity index (χ1n) is 6.65. The van der Waals surface area contributed by atoms with Gasteiger partial charge in [-0.3, -0.25) is 0 Å². The molecule has 0 saturated carbocycles. The van der Waals surface area contributed by atoms with Crippen LogP contribution in [0, 0.1) is 6.92 Å². The SMILES string of the molecule is Cc1ccc(Cl)cc1NCc1nnc2n1CCCC2. The van der Waals surface area contributed by atoms with Gasteiger partial charge in [0.05, 0.1) is 6.54 Å². The highest BCUT2D eigenvalue weighted by atomic mass is 35.5. The lowest BCUT2D eigenvalue weighted by Gasteiger charge is -2.15. The fraction of sp³-hybridized carbons (Fsp3) is 0.429. The molecular formula is C14H17ClN4. The second-order valence-corrected chi connectivity index (χ2v) is 5.39. The fourth-order valence-corrected chi connectivity index (χ4v) is 2.63. The van der Waals surface area contributed by atoms with Gasteiger partial charge in [0.25, 0.3) is 0 Å². The molecule has 1 N–H and O–H groups in total. The van der Waals surface area contributed by atoms with Crippen molar-refractivity contribution in [2.75, 3.05) is 5.32 Å². The lowest BCUT2D eigenvalue weighted by atomic mass is 10.1. The van der Waals surface area contributed by atoms with Crippen LogP contribution in [-0.2, 0) is 19.5 Å². The summed E-state index contributed by atoms with van der Waals surface area (Å²) in [6, 6.07) is 5.87. The summed E-state index contributed by atoms with van der Waals surface area (Å²) in [5.41, 5.74) is 2.24. The molecule has 1 aliphatic heterocycles. The highest BCUT2D eigenvalue weighted by molar-refractivity contribution is 6.30. The number of rotatable bonds is 3. The van der Waals surface area contributed by atoms with Crippen LogP contribution in [0.3, 0.4) is 0 Å². The molecule has 2 aromatic rings. The van der Waals surface area contributed by atoms with Crippen molar-refractivity contribution in [3.05, 3.63) is 40.4 Å². The molecule has 0 saturated heterocycles. The van der Waals surface area contributed by atoms with Crippen LogP contribution in [0.2, 0.25) is 5.02 Å². The lowest BCUT2D eigenvalue weighted by Crippen LogP contribution is -2.15. The Kier molecular flexibility index (Phi) is 3.42. The summed E-state index contributed by atoms with van der Waals surface area (Å²) < 4.78 is 2.23. The third kappa shape index (κ3) is 2.59. The van der Waals surface area contributed by atoms with Crippen LogP contribution in [0.4, 0.5) is 5.69 Å². The van der Waals surface area contributed by atoms with Gasteiger partial charge in [-0.25, -0.2) is 0 Å². The number of benzene rings is 1. The van der Waals surface area contributed by atoms with Gasteiger partial charge in [-0.05, 0) is 37.5 Å². The molecule has 3 rings (SSSR count). The molecule has 5 heteroatoms. The Hall–Kier alpha value is -1.55. The second-order valence-electron chi connectivity index (χ2n) is 4.95. The van der Waals surface area contributed by atoms with E-state index < -0.39 is 0 Å². The minimum Gasteiger partial charge on any atom is -0.377 e. The Morgan fingerprint density at radius 2 is 2.21 bits per heavy atom. The Morgan fingerprint density at radius 3 is 3.11 bits per heavy atom. The van der Waals surface area contributed by atoms with Gasteiger partial charge in [0.15, 0.2) is 5.82 Å². The predicted octanol–water partition coefficient (Wildman–Crippen LogP) is 3.19. The summed E-state index contributed by atoms with van der Waals surface area (Å²) in [6.45, 7) is 3.79. The first-order chi connectivity index (χ1) is 9.24. The van der Waals surface area contributed by atoms with Gasteiger partial charge in [-0.1, -0.05) is 17.7 Å². The molecule has 1 aromatic heterocycles. The molecule has 1 aliphatic rings. The first-order valence-corrected chi connectivity index (χ1v) is 7.03. The Morgan fingerprint density at radius 1 is 1.32 bits per heavy atom. The molecule has 100 valence electrons. The van der Waals surface area contributed by atoms with E-state index in [1.54, 1.807) is 0 Å². The largest absolute Gasteiger partial charge is 0.377 e. The van der Waals surface area contributed by atoms with E-state index in [1.807, 2.05) is 18.2 Å². The van der Waals surface area contributed by atoms with E-state index in [2.05, 4.69) is 27.0 Å². The zero-order valence-electron chi connectivity index (χ0n) is 11.0. The molecule has 0 unspecified atom stereocenters. The average Bonchev–Trinajstić information content (AvgIpc) is 2.83. The number of hydrogen-bond donors (Lipinski definition) is 1. The van der Waals surface area contributed by atoms with Crippen molar-refractivity contribution in [2.45, 2.75) is 39.3 Å². The Balaban J connectivity index is 1.75. The Bertz CT molecular complexity index is 591. The van der Waals surface area contributed by atoms with Crippen LogP contribution in [0.5, 0.6) is 0 Å². The van der Waals surface area contributed by atoms with Gasteiger partial charge in [0.2, 0.25) is 0 Å². The van der Waals surface area contributed by atoms with Gasteiger partial charge in [-0.2, -0.15) is 0 Å². The molecule has 19 heavy (non-hydrogen) atoms. The molecule has 0 bridgehead atoms. The van der Waals surface area contributed by atoms with Crippen LogP contribution in [-0.4, -0.2) is 14.8 Å². The van der Waals surface area contributed by atoms with Crippen LogP contribution < -0.4 is 5.32 Å². The molecule has 0 atom stereocenters. The van der Waals surface area contributed by atoms with E-state index in [0.717, 1.165) is 35.3 Å². The van der Waals surface area contributed by atoms with Crippen LogP contribution in [0.25, 0.3) is 0 Å². The van der Waals surface area contributed by atoms with Gasteiger partial charge in [-0.15, -0.1) is 10.2 Å². The minimum absolute atomic E-state index is 0.689. The van der Waals surface area contributed by atoms with Crippen LogP contribution >= 0.6 is 11.6 Å². The maximum absolute atomic E-state index is 6.02. The summed E-state index contributed by atoms with van der Waals surface area (Å²) in [6.07, 6.45) is 3.48. The molecule has 4 nitrogen and oxygen atoms in total. The van der Waals surface area contributed by atoms with E-state index in [-0.39, 0.29) is 0 Å². The molecule has 2 heterocycles. The third-order valence-electron chi connectivity index (χ3n) is 3.57. The number of nitrogens with one attached hydrogen (secondary N) is 1. The summed E-state index contributed by atoms with van der Waals surface area (Å²) >= 11 is 6.02. The number of aromatic nitrogens is 3. The number of anilines is 1. The van der Waals surface area contributed by atoms with Crippen LogP contribution in [0.1, 0.15) is 30.1 Å². The normalized spacial score (nSPS) is 14.2. The van der Waals surface area contributed by atoms with E-state index in [0.29, 0.717) is 6.54 Å². The third-order valence-corrected chi connectivity index (χ3v) is 3.81. The van der Waals surface area contributed by atoms with Crippen molar-refractivity contribution >= 4 is 17.3 Å². The molecule has 0 spiro atoms. The molecular weight excluding hydrogens is 260 g/mol. The van der Waals surface area contributed by atoms with Crippen LogP contribution in [0.15, 0.2) is 18.2 Å². The zero-order chi connectivity index (χ0) is 13.2. The van der Waals surface area contributed by atoms with Crippen molar-refractivity contribution < 1.29 is 0 Å². The van der Waals surface area contributed by atoms with Gasteiger partial charge < -0.3 is 9.88 Å². The van der Waals surface area contributed by atoms with Crippen molar-refractivity contribution in [3.8, 4) is 0 Å². The topological polar surface area (TPSA) is 42.7 Å². The minimum atomic E-state index is 0.689. The maximum Gasteiger partial charge on any atom is 0.152 e. The summed E-state index contributed by atoms with van der Waals surface area (Å²) in [5.74, 6) is 2.12. The standard InChI is InChI=1S/C14H17ClN4/c1-10-5-6-11(15)8-12(10)16-9-14-18-17-13-4-2-3-7-19(13)14/h5-6,8,16H,2-4,7,9H2,1H3. The Labute approximate surface area is 117 Å². The summed E-state index contributed by atoms with van der Waals surface area (Å²) in [4.78, 5) is 0. The first kappa shape index (κ1) is 12.5. The monoisotopic (exact) mass is 276 g/mol. The second kappa shape index (κ2) is 5.21. The summed E-state index contributed by atoms with van der Waals surface area (Å²) in [5, 5.41) is 12.7. The highest BCUT2D eigenvalue weighted by Gasteiger charge is 2.15. The molecule has 0 radical (unpaired) electrons. The number of nitrogens with zero attached hydrogens (tertiary/aromatic N) is 3. The number of hydrogen-bond acceptors (Lipinski definition) is 3. The molecule has 0 fully saturated rings. The van der Waals surface area contributed by atoms with Gasteiger partial charge in [0.1, 0.15) is 5.82 Å². The van der Waals surface area contributed by atoms with Gasteiger partial charge in [0, 0.05) is 23.7 Å². The smallest absolute Gasteiger partial charge is 0.152 e. The predicted molar refractivity (Wildman–Crippen MR) is 76.5 cm³/mol. The maximum atomic E-state index is 6.02. The van der Waals surface area contributed by atoms with E-state index >= 15 is 0 Å². The molecule has 0 aliphatic carbocycles.